The molecular weight excluding hydrogens is 244 g/mol. The highest BCUT2D eigenvalue weighted by Gasteiger charge is 2.69. The van der Waals surface area contributed by atoms with Crippen LogP contribution in [-0.4, -0.2) is 34.5 Å². The molecule has 3 saturated carbocycles. The van der Waals surface area contributed by atoms with Gasteiger partial charge in [-0.1, -0.05) is 0 Å². The SMILES string of the molecule is C/C(=C\[C@@H](O)C[C@]12CO[C@@]3(C)CC[C@H]1C[C@H]23)C(=O)O. The maximum atomic E-state index is 10.8. The zero-order chi connectivity index (χ0) is 13.8. The molecule has 106 valence electrons. The third-order valence-electron chi connectivity index (χ3n) is 5.79. The molecule has 19 heavy (non-hydrogen) atoms. The minimum absolute atomic E-state index is 0.0000267. The van der Waals surface area contributed by atoms with Crippen molar-refractivity contribution in [3.63, 3.8) is 0 Å². The van der Waals surface area contributed by atoms with Gasteiger partial charge < -0.3 is 14.9 Å². The van der Waals surface area contributed by atoms with Crippen molar-refractivity contribution < 1.29 is 19.7 Å². The lowest BCUT2D eigenvalue weighted by Crippen LogP contribution is -2.58. The summed E-state index contributed by atoms with van der Waals surface area (Å²) in [6, 6.07) is 0. The van der Waals surface area contributed by atoms with Crippen LogP contribution in [0.25, 0.3) is 0 Å². The monoisotopic (exact) mass is 266 g/mol. The fourth-order valence-corrected chi connectivity index (χ4v) is 4.64. The van der Waals surface area contributed by atoms with Gasteiger partial charge in [-0.3, -0.25) is 0 Å². The van der Waals surface area contributed by atoms with Gasteiger partial charge in [0.25, 0.3) is 0 Å². The average Bonchev–Trinajstić information content (AvgIpc) is 2.46. The van der Waals surface area contributed by atoms with Crippen molar-refractivity contribution in [1.82, 2.24) is 0 Å². The van der Waals surface area contributed by atoms with Gasteiger partial charge in [0, 0.05) is 11.0 Å². The summed E-state index contributed by atoms with van der Waals surface area (Å²) in [5.74, 6) is 0.242. The van der Waals surface area contributed by atoms with E-state index in [-0.39, 0.29) is 16.6 Å². The molecule has 1 aliphatic heterocycles. The minimum atomic E-state index is -0.960. The van der Waals surface area contributed by atoms with Crippen LogP contribution in [0.3, 0.4) is 0 Å². The first kappa shape index (κ1) is 13.1. The molecule has 1 saturated heterocycles. The first-order valence-corrected chi connectivity index (χ1v) is 7.11. The fourth-order valence-electron chi connectivity index (χ4n) is 4.64. The number of carboxylic acid groups (broad SMARTS) is 1. The van der Waals surface area contributed by atoms with Crippen LogP contribution in [0.2, 0.25) is 0 Å². The van der Waals surface area contributed by atoms with Crippen molar-refractivity contribution in [2.45, 2.75) is 51.2 Å². The van der Waals surface area contributed by atoms with E-state index in [2.05, 4.69) is 6.92 Å². The highest BCUT2D eigenvalue weighted by atomic mass is 16.5. The summed E-state index contributed by atoms with van der Waals surface area (Å²) in [6.07, 6.45) is 4.96. The first-order valence-electron chi connectivity index (χ1n) is 7.11. The number of hydrogen-bond acceptors (Lipinski definition) is 3. The highest BCUT2D eigenvalue weighted by molar-refractivity contribution is 5.85. The van der Waals surface area contributed by atoms with Gasteiger partial charge in [-0.05, 0) is 57.4 Å². The Balaban J connectivity index is 1.74. The van der Waals surface area contributed by atoms with Crippen LogP contribution in [0.1, 0.15) is 39.5 Å². The molecule has 1 heterocycles. The zero-order valence-electron chi connectivity index (χ0n) is 11.6. The Bertz CT molecular complexity index is 441. The maximum absolute atomic E-state index is 10.8. The van der Waals surface area contributed by atoms with E-state index < -0.39 is 12.1 Å². The minimum Gasteiger partial charge on any atom is -0.478 e. The molecule has 4 nitrogen and oxygen atoms in total. The Morgan fingerprint density at radius 3 is 2.95 bits per heavy atom. The molecule has 4 aliphatic rings. The van der Waals surface area contributed by atoms with Gasteiger partial charge in [0.05, 0.1) is 18.3 Å². The standard InChI is InChI=1S/C15H22O4/c1-9(13(17)18)5-11(16)7-15-8-19-14(2)4-3-10(15)6-12(14)15/h5,10-12,16H,3-4,6-8H2,1-2H3,(H,17,18)/b9-5+/t10-,11+,12-,14-,15-/m0/s1. The maximum Gasteiger partial charge on any atom is 0.331 e. The summed E-state index contributed by atoms with van der Waals surface area (Å²) in [6.45, 7) is 4.45. The topological polar surface area (TPSA) is 66.8 Å². The molecule has 0 radical (unpaired) electrons. The number of aliphatic hydroxyl groups is 1. The summed E-state index contributed by atoms with van der Waals surface area (Å²) in [5, 5.41) is 19.0. The lowest BCUT2D eigenvalue weighted by molar-refractivity contribution is -0.133. The molecule has 2 N–H and O–H groups in total. The Labute approximate surface area is 113 Å². The molecular formula is C15H22O4. The quantitative estimate of drug-likeness (QED) is 0.763. The lowest BCUT2D eigenvalue weighted by Gasteiger charge is -2.59. The van der Waals surface area contributed by atoms with Crippen LogP contribution in [0, 0.1) is 17.3 Å². The second-order valence-corrected chi connectivity index (χ2v) is 6.78. The molecule has 0 aromatic heterocycles. The molecule has 3 aliphatic carbocycles. The molecule has 4 heteroatoms. The summed E-state index contributed by atoms with van der Waals surface area (Å²) < 4.78 is 6.03. The highest BCUT2D eigenvalue weighted by Crippen LogP contribution is 2.70. The molecule has 5 atom stereocenters. The zero-order valence-corrected chi connectivity index (χ0v) is 11.6. The van der Waals surface area contributed by atoms with Gasteiger partial charge in [0.2, 0.25) is 0 Å². The van der Waals surface area contributed by atoms with E-state index in [0.717, 1.165) is 13.0 Å². The Kier molecular flexibility index (Phi) is 2.81. The van der Waals surface area contributed by atoms with Crippen LogP contribution in [-0.2, 0) is 9.53 Å². The van der Waals surface area contributed by atoms with E-state index in [1.54, 1.807) is 0 Å². The molecule has 0 aromatic carbocycles. The third-order valence-corrected chi connectivity index (χ3v) is 5.79. The van der Waals surface area contributed by atoms with Crippen LogP contribution >= 0.6 is 0 Å². The van der Waals surface area contributed by atoms with Gasteiger partial charge in [-0.15, -0.1) is 0 Å². The lowest BCUT2D eigenvalue weighted by atomic mass is 9.43. The predicted octanol–water partition coefficient (Wildman–Crippen LogP) is 1.97. The molecule has 0 spiro atoms. The van der Waals surface area contributed by atoms with Crippen LogP contribution in [0.15, 0.2) is 11.6 Å². The largest absolute Gasteiger partial charge is 0.478 e. The van der Waals surface area contributed by atoms with Crippen molar-refractivity contribution in [1.29, 1.82) is 0 Å². The number of fused-ring (bicyclic) bond motifs is 1. The summed E-state index contributed by atoms with van der Waals surface area (Å²) in [4.78, 5) is 10.8. The van der Waals surface area contributed by atoms with E-state index in [1.807, 2.05) is 0 Å². The van der Waals surface area contributed by atoms with Crippen molar-refractivity contribution in [2.75, 3.05) is 6.61 Å². The Morgan fingerprint density at radius 1 is 1.58 bits per heavy atom. The van der Waals surface area contributed by atoms with E-state index >= 15 is 0 Å². The number of carbonyl (C=O) groups is 1. The summed E-state index contributed by atoms with van der Waals surface area (Å²) in [7, 11) is 0. The normalized spacial score (nSPS) is 45.7. The van der Waals surface area contributed by atoms with E-state index in [9.17, 15) is 9.90 Å². The van der Waals surface area contributed by atoms with Crippen LogP contribution in [0.4, 0.5) is 0 Å². The van der Waals surface area contributed by atoms with Crippen LogP contribution < -0.4 is 0 Å². The number of rotatable bonds is 4. The molecule has 4 bridgehead atoms. The Hall–Kier alpha value is -0.870. The van der Waals surface area contributed by atoms with E-state index in [4.69, 9.17) is 9.84 Å². The number of aliphatic hydroxyl groups excluding tert-OH is 1. The van der Waals surface area contributed by atoms with Gasteiger partial charge in [0.15, 0.2) is 0 Å². The van der Waals surface area contributed by atoms with Gasteiger partial charge >= 0.3 is 5.97 Å². The average molecular weight is 266 g/mol. The third kappa shape index (κ3) is 1.77. The van der Waals surface area contributed by atoms with Crippen molar-refractivity contribution in [3.05, 3.63) is 11.6 Å². The second-order valence-electron chi connectivity index (χ2n) is 6.78. The summed E-state index contributed by atoms with van der Waals surface area (Å²) in [5.41, 5.74) is 0.317. The van der Waals surface area contributed by atoms with E-state index in [1.165, 1.54) is 25.8 Å². The molecule has 0 unspecified atom stereocenters. The van der Waals surface area contributed by atoms with Gasteiger partial charge in [-0.25, -0.2) is 4.79 Å². The Morgan fingerprint density at radius 2 is 2.32 bits per heavy atom. The first-order chi connectivity index (χ1) is 8.87. The van der Waals surface area contributed by atoms with Gasteiger partial charge in [-0.2, -0.15) is 0 Å². The molecule has 0 aromatic rings. The number of aliphatic carboxylic acids is 1. The van der Waals surface area contributed by atoms with Crippen molar-refractivity contribution in [2.24, 2.45) is 17.3 Å². The molecule has 4 fully saturated rings. The molecule has 4 rings (SSSR count). The number of ether oxygens (including phenoxy) is 1. The number of carboxylic acids is 1. The van der Waals surface area contributed by atoms with E-state index in [0.29, 0.717) is 18.3 Å². The molecule has 0 amide bonds. The van der Waals surface area contributed by atoms with Crippen LogP contribution in [0.5, 0.6) is 0 Å². The summed E-state index contributed by atoms with van der Waals surface area (Å²) >= 11 is 0. The van der Waals surface area contributed by atoms with Crippen molar-refractivity contribution >= 4 is 5.97 Å². The van der Waals surface area contributed by atoms with Crippen molar-refractivity contribution in [3.8, 4) is 0 Å². The smallest absolute Gasteiger partial charge is 0.331 e. The fraction of sp³-hybridized carbons (Fsp3) is 0.800. The van der Waals surface area contributed by atoms with Gasteiger partial charge in [0.1, 0.15) is 0 Å². The number of hydrogen-bond donors (Lipinski definition) is 2. The second kappa shape index (κ2) is 4.06. The predicted molar refractivity (Wildman–Crippen MR) is 69.6 cm³/mol.